The van der Waals surface area contributed by atoms with Gasteiger partial charge >= 0.3 is 0 Å². The van der Waals surface area contributed by atoms with Crippen molar-refractivity contribution >= 4 is 0 Å². The smallest absolute Gasteiger partial charge is 0.189 e. The van der Waals surface area contributed by atoms with Crippen molar-refractivity contribution in [3.05, 3.63) is 65.2 Å². The highest BCUT2D eigenvalue weighted by atomic mass is 16.7. The molecule has 0 aromatic heterocycles. The van der Waals surface area contributed by atoms with E-state index in [-0.39, 0.29) is 6.79 Å². The van der Waals surface area contributed by atoms with E-state index in [0.29, 0.717) is 6.61 Å². The highest BCUT2D eigenvalue weighted by Crippen LogP contribution is 2.20. The zero-order valence-electron chi connectivity index (χ0n) is 12.1. The van der Waals surface area contributed by atoms with Gasteiger partial charge in [-0.3, -0.25) is 0 Å². The highest BCUT2D eigenvalue weighted by Gasteiger charge is 2.03. The molecule has 20 heavy (non-hydrogen) atoms. The van der Waals surface area contributed by atoms with E-state index in [2.05, 4.69) is 18.3 Å². The van der Waals surface area contributed by atoms with Crippen LogP contribution >= 0.6 is 0 Å². The second-order valence-corrected chi connectivity index (χ2v) is 4.74. The van der Waals surface area contributed by atoms with E-state index in [1.807, 2.05) is 49.5 Å². The molecule has 0 aliphatic heterocycles. The second kappa shape index (κ2) is 7.68. The lowest BCUT2D eigenvalue weighted by atomic mass is 10.1. The summed E-state index contributed by atoms with van der Waals surface area (Å²) in [5.74, 6) is 0.873. The molecule has 106 valence electrons. The number of rotatable bonds is 7. The van der Waals surface area contributed by atoms with Gasteiger partial charge in [-0.25, -0.2) is 0 Å². The van der Waals surface area contributed by atoms with Crippen molar-refractivity contribution in [1.82, 2.24) is 5.32 Å². The zero-order valence-corrected chi connectivity index (χ0v) is 12.1. The molecule has 0 spiro atoms. The van der Waals surface area contributed by atoms with Gasteiger partial charge in [0, 0.05) is 12.1 Å². The van der Waals surface area contributed by atoms with Crippen LogP contribution < -0.4 is 10.1 Å². The molecular weight excluding hydrogens is 250 g/mol. The normalized spacial score (nSPS) is 10.5. The Kier molecular flexibility index (Phi) is 5.59. The minimum atomic E-state index is 0.259. The van der Waals surface area contributed by atoms with Crippen LogP contribution in [0.3, 0.4) is 0 Å². The van der Waals surface area contributed by atoms with Gasteiger partial charge in [0.05, 0.1) is 6.61 Å². The lowest BCUT2D eigenvalue weighted by Gasteiger charge is -2.12. The van der Waals surface area contributed by atoms with Gasteiger partial charge in [-0.05, 0) is 25.6 Å². The third-order valence-corrected chi connectivity index (χ3v) is 2.99. The summed E-state index contributed by atoms with van der Waals surface area (Å²) in [6.45, 7) is 3.69. The maximum Gasteiger partial charge on any atom is 0.189 e. The van der Waals surface area contributed by atoms with Crippen molar-refractivity contribution in [2.24, 2.45) is 0 Å². The molecule has 0 bridgehead atoms. The molecule has 3 heteroatoms. The predicted octanol–water partition coefficient (Wildman–Crippen LogP) is 3.27. The van der Waals surface area contributed by atoms with E-state index < -0.39 is 0 Å². The highest BCUT2D eigenvalue weighted by molar-refractivity contribution is 5.36. The number of nitrogens with one attached hydrogen (secondary N) is 1. The van der Waals surface area contributed by atoms with Crippen LogP contribution in [0.5, 0.6) is 5.75 Å². The van der Waals surface area contributed by atoms with Crippen LogP contribution in [0, 0.1) is 6.92 Å². The van der Waals surface area contributed by atoms with Crippen molar-refractivity contribution in [2.45, 2.75) is 20.1 Å². The summed E-state index contributed by atoms with van der Waals surface area (Å²) in [7, 11) is 1.93. The molecule has 3 nitrogen and oxygen atoms in total. The number of hydrogen-bond donors (Lipinski definition) is 1. The van der Waals surface area contributed by atoms with E-state index >= 15 is 0 Å². The maximum absolute atomic E-state index is 5.70. The van der Waals surface area contributed by atoms with Crippen LogP contribution in [0.2, 0.25) is 0 Å². The van der Waals surface area contributed by atoms with Crippen molar-refractivity contribution in [2.75, 3.05) is 13.8 Å². The number of hydrogen-bond acceptors (Lipinski definition) is 3. The third-order valence-electron chi connectivity index (χ3n) is 2.99. The Morgan fingerprint density at radius 1 is 1.05 bits per heavy atom. The quantitative estimate of drug-likeness (QED) is 0.619. The van der Waals surface area contributed by atoms with Crippen LogP contribution in [0.15, 0.2) is 48.5 Å². The Hall–Kier alpha value is -1.84. The third kappa shape index (κ3) is 4.37. The van der Waals surface area contributed by atoms with Crippen molar-refractivity contribution in [3.8, 4) is 5.75 Å². The summed E-state index contributed by atoms with van der Waals surface area (Å²) in [6, 6.07) is 16.3. The molecule has 0 heterocycles. The minimum Gasteiger partial charge on any atom is -0.467 e. The molecular formula is C17H21NO2. The summed E-state index contributed by atoms with van der Waals surface area (Å²) in [4.78, 5) is 0. The van der Waals surface area contributed by atoms with Gasteiger partial charge in [0.1, 0.15) is 5.75 Å². The van der Waals surface area contributed by atoms with Crippen LogP contribution in [0.1, 0.15) is 16.7 Å². The first kappa shape index (κ1) is 14.6. The van der Waals surface area contributed by atoms with Gasteiger partial charge in [0.2, 0.25) is 0 Å². The van der Waals surface area contributed by atoms with Gasteiger partial charge in [0.15, 0.2) is 6.79 Å². The predicted molar refractivity (Wildman–Crippen MR) is 80.7 cm³/mol. The number of aryl methyl sites for hydroxylation is 1. The fraction of sp³-hybridized carbons (Fsp3) is 0.294. The van der Waals surface area contributed by atoms with Gasteiger partial charge in [-0.15, -0.1) is 0 Å². The number of benzene rings is 2. The molecule has 0 fully saturated rings. The van der Waals surface area contributed by atoms with Gasteiger partial charge in [-0.2, -0.15) is 0 Å². The van der Waals surface area contributed by atoms with Gasteiger partial charge in [0.25, 0.3) is 0 Å². The lowest BCUT2D eigenvalue weighted by molar-refractivity contribution is 0.00449. The molecule has 2 aromatic carbocycles. The van der Waals surface area contributed by atoms with E-state index in [1.165, 1.54) is 5.56 Å². The summed E-state index contributed by atoms with van der Waals surface area (Å²) >= 11 is 0. The van der Waals surface area contributed by atoms with E-state index in [1.54, 1.807) is 0 Å². The Morgan fingerprint density at radius 3 is 2.60 bits per heavy atom. The summed E-state index contributed by atoms with van der Waals surface area (Å²) in [5, 5.41) is 3.15. The second-order valence-electron chi connectivity index (χ2n) is 4.74. The van der Waals surface area contributed by atoms with Crippen LogP contribution in [0.4, 0.5) is 0 Å². The molecule has 0 amide bonds. The molecule has 0 unspecified atom stereocenters. The summed E-state index contributed by atoms with van der Waals surface area (Å²) in [5.41, 5.74) is 3.53. The average molecular weight is 271 g/mol. The topological polar surface area (TPSA) is 30.5 Å². The maximum atomic E-state index is 5.70. The molecule has 2 aromatic rings. The minimum absolute atomic E-state index is 0.259. The monoisotopic (exact) mass is 271 g/mol. The van der Waals surface area contributed by atoms with Crippen molar-refractivity contribution in [3.63, 3.8) is 0 Å². The van der Waals surface area contributed by atoms with Crippen LogP contribution in [0.25, 0.3) is 0 Å². The SMILES string of the molecule is CNCc1cc(C)ccc1OCOCc1ccccc1. The zero-order chi connectivity index (χ0) is 14.2. The molecule has 0 saturated heterocycles. The van der Waals surface area contributed by atoms with Crippen molar-refractivity contribution in [1.29, 1.82) is 0 Å². The Morgan fingerprint density at radius 2 is 1.85 bits per heavy atom. The first-order chi connectivity index (χ1) is 9.79. The Labute approximate surface area is 120 Å². The van der Waals surface area contributed by atoms with Crippen LogP contribution in [-0.4, -0.2) is 13.8 Å². The number of ether oxygens (including phenoxy) is 2. The molecule has 0 atom stereocenters. The molecule has 0 aliphatic carbocycles. The van der Waals surface area contributed by atoms with E-state index in [4.69, 9.17) is 9.47 Å². The molecule has 2 rings (SSSR count). The fourth-order valence-electron chi connectivity index (χ4n) is 2.02. The van der Waals surface area contributed by atoms with Crippen molar-refractivity contribution < 1.29 is 9.47 Å². The molecule has 0 radical (unpaired) electrons. The van der Waals surface area contributed by atoms with Gasteiger partial charge < -0.3 is 14.8 Å². The summed E-state index contributed by atoms with van der Waals surface area (Å²) < 4.78 is 11.2. The Balaban J connectivity index is 1.84. The standard InChI is InChI=1S/C17H21NO2/c1-14-8-9-17(16(10-14)11-18-2)20-13-19-12-15-6-4-3-5-7-15/h3-10,18H,11-13H2,1-2H3. The lowest BCUT2D eigenvalue weighted by Crippen LogP contribution is -2.09. The first-order valence-electron chi connectivity index (χ1n) is 6.78. The van der Waals surface area contributed by atoms with Crippen LogP contribution in [-0.2, 0) is 17.9 Å². The average Bonchev–Trinajstić information content (AvgIpc) is 2.47. The molecule has 0 aliphatic rings. The van der Waals surface area contributed by atoms with Gasteiger partial charge in [-0.1, -0.05) is 48.0 Å². The fourth-order valence-corrected chi connectivity index (χ4v) is 2.02. The summed E-state index contributed by atoms with van der Waals surface area (Å²) in [6.07, 6.45) is 0. The first-order valence-corrected chi connectivity index (χ1v) is 6.78. The largest absolute Gasteiger partial charge is 0.467 e. The van der Waals surface area contributed by atoms with E-state index in [9.17, 15) is 0 Å². The molecule has 1 N–H and O–H groups in total. The van der Waals surface area contributed by atoms with E-state index in [0.717, 1.165) is 23.4 Å². The Bertz CT molecular complexity index is 526. The molecule has 0 saturated carbocycles.